The topological polar surface area (TPSA) is 88.2 Å². The summed E-state index contributed by atoms with van der Waals surface area (Å²) < 4.78 is 13.4. The lowest BCUT2D eigenvalue weighted by Crippen LogP contribution is -2.35. The van der Waals surface area contributed by atoms with Crippen molar-refractivity contribution in [1.29, 1.82) is 0 Å². The summed E-state index contributed by atoms with van der Waals surface area (Å²) in [7, 11) is 0. The first-order valence-electron chi connectivity index (χ1n) is 8.79. The average molecular weight is 366 g/mol. The number of nitrogens with two attached hydrogens (primary N) is 1. The number of carbonyl (C=O) groups excluding carboxylic acids is 1. The molecule has 1 aromatic carbocycles. The average Bonchev–Trinajstić information content (AvgIpc) is 2.93. The van der Waals surface area contributed by atoms with E-state index in [0.29, 0.717) is 36.7 Å². The molecule has 4 rings (SSSR count). The van der Waals surface area contributed by atoms with Crippen LogP contribution in [0.15, 0.2) is 42.7 Å². The normalized spacial score (nSPS) is 15.0. The summed E-state index contributed by atoms with van der Waals surface area (Å²) in [5, 5.41) is 0.830. The number of anilines is 2. The van der Waals surface area contributed by atoms with E-state index in [-0.39, 0.29) is 5.91 Å². The molecule has 2 aromatic heterocycles. The van der Waals surface area contributed by atoms with Gasteiger partial charge in [-0.25, -0.2) is 19.3 Å². The fourth-order valence-corrected chi connectivity index (χ4v) is 3.33. The Bertz CT molecular complexity index is 995. The van der Waals surface area contributed by atoms with Gasteiger partial charge >= 0.3 is 0 Å². The van der Waals surface area contributed by atoms with Crippen molar-refractivity contribution < 1.29 is 9.18 Å². The number of benzene rings is 1. The molecule has 0 atom stereocenters. The van der Waals surface area contributed by atoms with Crippen molar-refractivity contribution >= 4 is 28.6 Å². The van der Waals surface area contributed by atoms with Crippen LogP contribution < -0.4 is 10.6 Å². The monoisotopic (exact) mass is 366 g/mol. The maximum Gasteiger partial charge on any atom is 0.254 e. The second-order valence-electron chi connectivity index (χ2n) is 6.45. The molecule has 1 aliphatic rings. The third kappa shape index (κ3) is 3.51. The molecule has 27 heavy (non-hydrogen) atoms. The van der Waals surface area contributed by atoms with Gasteiger partial charge in [0.05, 0.1) is 5.39 Å². The van der Waals surface area contributed by atoms with Crippen LogP contribution in [0.3, 0.4) is 0 Å². The fourth-order valence-electron chi connectivity index (χ4n) is 3.33. The van der Waals surface area contributed by atoms with Gasteiger partial charge in [-0.3, -0.25) is 4.79 Å². The van der Waals surface area contributed by atoms with Crippen molar-refractivity contribution in [2.24, 2.45) is 0 Å². The zero-order chi connectivity index (χ0) is 18.8. The van der Waals surface area contributed by atoms with Gasteiger partial charge in [0, 0.05) is 31.7 Å². The standard InChI is InChI=1S/C19H19FN6O/c20-14-4-1-3-13(11-14)19(27)26-8-2-7-25(9-10-26)18-15-5-6-16(21)24-17(15)22-12-23-18/h1,3-6,11-12H,2,7-10H2,(H2,21,22,23,24). The van der Waals surface area contributed by atoms with E-state index in [4.69, 9.17) is 5.73 Å². The first-order valence-corrected chi connectivity index (χ1v) is 8.79. The molecule has 2 N–H and O–H groups in total. The molecule has 0 unspecified atom stereocenters. The second-order valence-corrected chi connectivity index (χ2v) is 6.45. The zero-order valence-corrected chi connectivity index (χ0v) is 14.7. The molecule has 3 aromatic rings. The summed E-state index contributed by atoms with van der Waals surface area (Å²) in [6.45, 7) is 2.52. The van der Waals surface area contributed by atoms with Gasteiger partial charge in [0.2, 0.25) is 0 Å². The van der Waals surface area contributed by atoms with E-state index in [2.05, 4.69) is 19.9 Å². The van der Waals surface area contributed by atoms with Gasteiger partial charge in [0.15, 0.2) is 5.65 Å². The highest BCUT2D eigenvalue weighted by molar-refractivity contribution is 5.94. The largest absolute Gasteiger partial charge is 0.384 e. The summed E-state index contributed by atoms with van der Waals surface area (Å²) in [4.78, 5) is 29.4. The highest BCUT2D eigenvalue weighted by Gasteiger charge is 2.22. The number of hydrogen-bond donors (Lipinski definition) is 1. The molecule has 0 bridgehead atoms. The third-order valence-electron chi connectivity index (χ3n) is 4.65. The van der Waals surface area contributed by atoms with Gasteiger partial charge in [0.25, 0.3) is 5.91 Å². The lowest BCUT2D eigenvalue weighted by atomic mass is 10.2. The molecule has 1 aliphatic heterocycles. The predicted molar refractivity (Wildman–Crippen MR) is 101 cm³/mol. The van der Waals surface area contributed by atoms with Crippen molar-refractivity contribution in [3.63, 3.8) is 0 Å². The third-order valence-corrected chi connectivity index (χ3v) is 4.65. The van der Waals surface area contributed by atoms with Gasteiger partial charge in [-0.1, -0.05) is 6.07 Å². The van der Waals surface area contributed by atoms with Gasteiger partial charge < -0.3 is 15.5 Å². The number of halogens is 1. The maximum atomic E-state index is 13.4. The summed E-state index contributed by atoms with van der Waals surface area (Å²) >= 11 is 0. The first-order chi connectivity index (χ1) is 13.1. The minimum atomic E-state index is -0.406. The number of amides is 1. The molecule has 1 amide bonds. The van der Waals surface area contributed by atoms with Crippen molar-refractivity contribution in [3.05, 3.63) is 54.1 Å². The predicted octanol–water partition coefficient (Wildman–Crippen LogP) is 2.10. The summed E-state index contributed by atoms with van der Waals surface area (Å²) in [6.07, 6.45) is 2.26. The first kappa shape index (κ1) is 17.1. The summed E-state index contributed by atoms with van der Waals surface area (Å²) in [5.41, 5.74) is 6.66. The van der Waals surface area contributed by atoms with Crippen LogP contribution in [0.5, 0.6) is 0 Å². The van der Waals surface area contributed by atoms with Crippen LogP contribution in [0.25, 0.3) is 11.0 Å². The minimum absolute atomic E-state index is 0.154. The smallest absolute Gasteiger partial charge is 0.254 e. The molecular weight excluding hydrogens is 347 g/mol. The Morgan fingerprint density at radius 2 is 1.96 bits per heavy atom. The Morgan fingerprint density at radius 3 is 2.81 bits per heavy atom. The van der Waals surface area contributed by atoms with Gasteiger partial charge in [0.1, 0.15) is 23.8 Å². The zero-order valence-electron chi connectivity index (χ0n) is 14.7. The van der Waals surface area contributed by atoms with E-state index in [9.17, 15) is 9.18 Å². The number of nitrogen functional groups attached to an aromatic ring is 1. The molecule has 0 aliphatic carbocycles. The Morgan fingerprint density at radius 1 is 1.07 bits per heavy atom. The van der Waals surface area contributed by atoms with Crippen LogP contribution >= 0.6 is 0 Å². The Labute approximate surface area is 155 Å². The van der Waals surface area contributed by atoms with E-state index in [1.54, 1.807) is 23.1 Å². The van der Waals surface area contributed by atoms with Crippen molar-refractivity contribution in [2.45, 2.75) is 6.42 Å². The quantitative estimate of drug-likeness (QED) is 0.747. The van der Waals surface area contributed by atoms with E-state index in [1.165, 1.54) is 18.5 Å². The number of pyridine rings is 1. The van der Waals surface area contributed by atoms with Crippen LogP contribution in [-0.2, 0) is 0 Å². The molecule has 7 nitrogen and oxygen atoms in total. The number of aromatic nitrogens is 3. The molecular formula is C19H19FN6O. The van der Waals surface area contributed by atoms with Gasteiger partial charge in [-0.05, 0) is 36.8 Å². The number of carbonyl (C=O) groups is 1. The molecule has 0 saturated carbocycles. The fraction of sp³-hybridized carbons (Fsp3) is 0.263. The van der Waals surface area contributed by atoms with Crippen molar-refractivity contribution in [2.75, 3.05) is 36.8 Å². The molecule has 138 valence electrons. The number of fused-ring (bicyclic) bond motifs is 1. The van der Waals surface area contributed by atoms with Gasteiger partial charge in [-0.15, -0.1) is 0 Å². The Hall–Kier alpha value is -3.29. The SMILES string of the molecule is Nc1ccc2c(N3CCCN(C(=O)c4cccc(F)c4)CC3)ncnc2n1. The van der Waals surface area contributed by atoms with Crippen LogP contribution in [0.4, 0.5) is 16.0 Å². The van der Waals surface area contributed by atoms with Crippen LogP contribution in [0.2, 0.25) is 0 Å². The summed E-state index contributed by atoms with van der Waals surface area (Å²) in [5.74, 6) is 0.636. The van der Waals surface area contributed by atoms with E-state index >= 15 is 0 Å². The highest BCUT2D eigenvalue weighted by Crippen LogP contribution is 2.24. The molecule has 1 saturated heterocycles. The molecule has 1 fully saturated rings. The van der Waals surface area contributed by atoms with Crippen molar-refractivity contribution in [1.82, 2.24) is 19.9 Å². The van der Waals surface area contributed by atoms with Crippen LogP contribution in [-0.4, -0.2) is 51.9 Å². The van der Waals surface area contributed by atoms with Crippen LogP contribution in [0, 0.1) is 5.82 Å². The van der Waals surface area contributed by atoms with E-state index < -0.39 is 5.82 Å². The Kier molecular flexibility index (Phi) is 4.53. The summed E-state index contributed by atoms with van der Waals surface area (Å²) in [6, 6.07) is 9.40. The maximum absolute atomic E-state index is 13.4. The second kappa shape index (κ2) is 7.14. The van der Waals surface area contributed by atoms with E-state index in [1.807, 2.05) is 6.07 Å². The molecule has 8 heteroatoms. The highest BCUT2D eigenvalue weighted by atomic mass is 19.1. The molecule has 0 spiro atoms. The number of hydrogen-bond acceptors (Lipinski definition) is 6. The lowest BCUT2D eigenvalue weighted by molar-refractivity contribution is 0.0766. The molecule has 0 radical (unpaired) electrons. The lowest BCUT2D eigenvalue weighted by Gasteiger charge is -2.23. The number of nitrogens with zero attached hydrogens (tertiary/aromatic N) is 5. The van der Waals surface area contributed by atoms with E-state index in [0.717, 1.165) is 24.2 Å². The minimum Gasteiger partial charge on any atom is -0.384 e. The van der Waals surface area contributed by atoms with Crippen molar-refractivity contribution in [3.8, 4) is 0 Å². The van der Waals surface area contributed by atoms with Crippen LogP contribution in [0.1, 0.15) is 16.8 Å². The van der Waals surface area contributed by atoms with Gasteiger partial charge in [-0.2, -0.15) is 0 Å². The molecule has 3 heterocycles. The Balaban J connectivity index is 1.55. The number of rotatable bonds is 2.